The minimum absolute atomic E-state index is 0.0748. The normalized spacial score (nSPS) is 12.4. The molecular formula is C20H19N5OS. The lowest BCUT2D eigenvalue weighted by Gasteiger charge is -2.14. The van der Waals surface area contributed by atoms with Crippen LogP contribution in [0.15, 0.2) is 53.7 Å². The molecule has 1 amide bonds. The number of carbonyl (C=O) groups is 1. The maximum Gasteiger partial charge on any atom is 0.237 e. The van der Waals surface area contributed by atoms with Gasteiger partial charge in [0.2, 0.25) is 5.91 Å². The summed E-state index contributed by atoms with van der Waals surface area (Å²) >= 11 is 1.37. The van der Waals surface area contributed by atoms with Gasteiger partial charge in [-0.25, -0.2) is 9.97 Å². The smallest absolute Gasteiger partial charge is 0.237 e. The fraction of sp³-hybridized carbons (Fsp3) is 0.200. The van der Waals surface area contributed by atoms with Crippen molar-refractivity contribution in [2.75, 3.05) is 5.32 Å². The van der Waals surface area contributed by atoms with E-state index in [1.54, 1.807) is 4.52 Å². The first kappa shape index (κ1) is 17.5. The van der Waals surface area contributed by atoms with E-state index in [1.807, 2.05) is 69.3 Å². The van der Waals surface area contributed by atoms with E-state index in [4.69, 9.17) is 4.98 Å². The first-order chi connectivity index (χ1) is 13.0. The molecule has 0 aliphatic carbocycles. The number of para-hydroxylation sites is 2. The van der Waals surface area contributed by atoms with Gasteiger partial charge >= 0.3 is 0 Å². The van der Waals surface area contributed by atoms with E-state index >= 15 is 0 Å². The van der Waals surface area contributed by atoms with E-state index in [2.05, 4.69) is 15.4 Å². The number of nitrogens with zero attached hydrogens (tertiary/aromatic N) is 4. The van der Waals surface area contributed by atoms with Crippen LogP contribution < -0.4 is 5.32 Å². The molecule has 7 heteroatoms. The first-order valence-corrected chi connectivity index (χ1v) is 9.56. The zero-order valence-electron chi connectivity index (χ0n) is 15.3. The molecule has 1 N–H and O–H groups in total. The lowest BCUT2D eigenvalue weighted by Crippen LogP contribution is -2.23. The van der Waals surface area contributed by atoms with Crippen LogP contribution in [0.1, 0.15) is 18.3 Å². The molecule has 2 heterocycles. The number of amides is 1. The second-order valence-electron chi connectivity index (χ2n) is 6.37. The number of carbonyl (C=O) groups excluding carboxylic acids is 1. The number of anilines is 1. The molecule has 6 nitrogen and oxygen atoms in total. The summed E-state index contributed by atoms with van der Waals surface area (Å²) in [7, 11) is 0. The van der Waals surface area contributed by atoms with Crippen LogP contribution in [0.2, 0.25) is 0 Å². The van der Waals surface area contributed by atoms with Crippen LogP contribution in [-0.4, -0.2) is 30.7 Å². The summed E-state index contributed by atoms with van der Waals surface area (Å²) in [5.41, 5.74) is 3.45. The van der Waals surface area contributed by atoms with Gasteiger partial charge in [0.25, 0.3) is 0 Å². The van der Waals surface area contributed by atoms with Gasteiger partial charge in [-0.05, 0) is 44.5 Å². The number of hydrogen-bond donors (Lipinski definition) is 1. The SMILES string of the molecule is Cc1nc2c3ccccc3nc(SC(C)C(=O)Nc3ccccc3C)n2n1. The topological polar surface area (TPSA) is 72.2 Å². The highest BCUT2D eigenvalue weighted by Gasteiger charge is 2.20. The van der Waals surface area contributed by atoms with Crippen molar-refractivity contribution >= 4 is 39.9 Å². The zero-order valence-corrected chi connectivity index (χ0v) is 16.1. The number of aryl methyl sites for hydroxylation is 2. The van der Waals surface area contributed by atoms with Crippen molar-refractivity contribution in [3.63, 3.8) is 0 Å². The van der Waals surface area contributed by atoms with Gasteiger partial charge in [0.15, 0.2) is 10.8 Å². The van der Waals surface area contributed by atoms with E-state index in [-0.39, 0.29) is 11.2 Å². The fourth-order valence-corrected chi connectivity index (χ4v) is 3.73. The summed E-state index contributed by atoms with van der Waals surface area (Å²) in [5.74, 6) is 0.598. The maximum absolute atomic E-state index is 12.7. The van der Waals surface area contributed by atoms with E-state index in [9.17, 15) is 4.79 Å². The molecule has 0 aliphatic heterocycles. The van der Waals surface area contributed by atoms with Gasteiger partial charge in [0.1, 0.15) is 5.82 Å². The molecule has 0 radical (unpaired) electrons. The summed E-state index contributed by atoms with van der Waals surface area (Å²) in [6.07, 6.45) is 0. The van der Waals surface area contributed by atoms with E-state index < -0.39 is 0 Å². The van der Waals surface area contributed by atoms with Crippen molar-refractivity contribution in [1.29, 1.82) is 0 Å². The molecule has 2 aromatic carbocycles. The molecular weight excluding hydrogens is 358 g/mol. The summed E-state index contributed by atoms with van der Waals surface area (Å²) in [4.78, 5) is 21.9. The zero-order chi connectivity index (χ0) is 19.0. The Morgan fingerprint density at radius 3 is 2.63 bits per heavy atom. The van der Waals surface area contributed by atoms with Crippen LogP contribution in [0.25, 0.3) is 16.6 Å². The van der Waals surface area contributed by atoms with Crippen molar-refractivity contribution in [1.82, 2.24) is 19.6 Å². The second-order valence-corrected chi connectivity index (χ2v) is 7.68. The van der Waals surface area contributed by atoms with Crippen molar-refractivity contribution < 1.29 is 4.79 Å². The number of rotatable bonds is 4. The third kappa shape index (κ3) is 3.38. The van der Waals surface area contributed by atoms with Crippen LogP contribution in [0, 0.1) is 13.8 Å². The van der Waals surface area contributed by atoms with Crippen LogP contribution in [0.4, 0.5) is 5.69 Å². The van der Waals surface area contributed by atoms with Gasteiger partial charge in [-0.2, -0.15) is 4.52 Å². The highest BCUT2D eigenvalue weighted by atomic mass is 32.2. The number of hydrogen-bond acceptors (Lipinski definition) is 5. The number of nitrogens with one attached hydrogen (secondary N) is 1. The third-order valence-electron chi connectivity index (χ3n) is 4.31. The fourth-order valence-electron chi connectivity index (χ4n) is 2.87. The quantitative estimate of drug-likeness (QED) is 0.430. The Morgan fingerprint density at radius 2 is 1.81 bits per heavy atom. The summed E-state index contributed by atoms with van der Waals surface area (Å²) in [5, 5.41) is 8.70. The van der Waals surface area contributed by atoms with Crippen molar-refractivity contribution in [2.24, 2.45) is 0 Å². The largest absolute Gasteiger partial charge is 0.325 e. The van der Waals surface area contributed by atoms with E-state index in [0.29, 0.717) is 11.0 Å². The Morgan fingerprint density at radius 1 is 1.07 bits per heavy atom. The van der Waals surface area contributed by atoms with Crippen molar-refractivity contribution in [2.45, 2.75) is 31.2 Å². The number of thioether (sulfide) groups is 1. The highest BCUT2D eigenvalue weighted by Crippen LogP contribution is 2.27. The molecule has 4 aromatic rings. The molecule has 2 aromatic heterocycles. The Labute approximate surface area is 161 Å². The average molecular weight is 377 g/mol. The molecule has 0 aliphatic rings. The summed E-state index contributed by atoms with van der Waals surface area (Å²) in [6.45, 7) is 5.69. The lowest BCUT2D eigenvalue weighted by atomic mass is 10.2. The van der Waals surface area contributed by atoms with Crippen LogP contribution in [0.5, 0.6) is 0 Å². The predicted molar refractivity (Wildman–Crippen MR) is 108 cm³/mol. The Kier molecular flexibility index (Phi) is 4.53. The molecule has 1 unspecified atom stereocenters. The van der Waals surface area contributed by atoms with E-state index in [1.165, 1.54) is 11.8 Å². The third-order valence-corrected chi connectivity index (χ3v) is 5.35. The first-order valence-electron chi connectivity index (χ1n) is 8.68. The summed E-state index contributed by atoms with van der Waals surface area (Å²) < 4.78 is 1.72. The van der Waals surface area contributed by atoms with Crippen molar-refractivity contribution in [3.8, 4) is 0 Å². The van der Waals surface area contributed by atoms with Gasteiger partial charge in [0.05, 0.1) is 10.8 Å². The second kappa shape index (κ2) is 7.00. The minimum atomic E-state index is -0.342. The lowest BCUT2D eigenvalue weighted by molar-refractivity contribution is -0.115. The van der Waals surface area contributed by atoms with Gasteiger partial charge in [-0.3, -0.25) is 4.79 Å². The van der Waals surface area contributed by atoms with Gasteiger partial charge < -0.3 is 5.32 Å². The Bertz CT molecular complexity index is 1150. The minimum Gasteiger partial charge on any atom is -0.325 e. The average Bonchev–Trinajstić information content (AvgIpc) is 3.05. The van der Waals surface area contributed by atoms with E-state index in [0.717, 1.165) is 27.8 Å². The highest BCUT2D eigenvalue weighted by molar-refractivity contribution is 8.00. The van der Waals surface area contributed by atoms with Crippen LogP contribution in [0.3, 0.4) is 0 Å². The van der Waals surface area contributed by atoms with Gasteiger partial charge in [0, 0.05) is 11.1 Å². The predicted octanol–water partition coefficient (Wildman–Crippen LogP) is 4.01. The molecule has 0 fully saturated rings. The standard InChI is InChI=1S/C20H19N5OS/c1-12-8-4-6-10-16(12)22-19(26)13(2)27-20-23-17-11-7-5-9-15(17)18-21-14(3)24-25(18)20/h4-11,13H,1-3H3,(H,22,26). The molecule has 136 valence electrons. The Balaban J connectivity index is 1.66. The maximum atomic E-state index is 12.7. The molecule has 0 saturated heterocycles. The van der Waals surface area contributed by atoms with Crippen LogP contribution >= 0.6 is 11.8 Å². The molecule has 0 spiro atoms. The molecule has 0 saturated carbocycles. The monoisotopic (exact) mass is 377 g/mol. The summed E-state index contributed by atoms with van der Waals surface area (Å²) in [6, 6.07) is 15.6. The Hall–Kier alpha value is -2.93. The number of aromatic nitrogens is 4. The number of benzene rings is 2. The number of fused-ring (bicyclic) bond motifs is 3. The molecule has 0 bridgehead atoms. The van der Waals surface area contributed by atoms with Gasteiger partial charge in [-0.1, -0.05) is 42.1 Å². The van der Waals surface area contributed by atoms with Crippen molar-refractivity contribution in [3.05, 3.63) is 59.9 Å². The van der Waals surface area contributed by atoms with Gasteiger partial charge in [-0.15, -0.1) is 5.10 Å². The molecule has 4 rings (SSSR count). The van der Waals surface area contributed by atoms with Crippen LogP contribution in [-0.2, 0) is 4.79 Å². The molecule has 27 heavy (non-hydrogen) atoms. The molecule has 1 atom stereocenters.